The molecule has 1 aliphatic rings. The van der Waals surface area contributed by atoms with E-state index in [0.29, 0.717) is 19.0 Å². The van der Waals surface area contributed by atoms with Crippen LogP contribution < -0.4 is 10.2 Å². The van der Waals surface area contributed by atoms with Crippen molar-refractivity contribution in [2.24, 2.45) is 0 Å². The standard InChI is InChI=1S/C11H16N6O3/c1-15(8-10(18)16-4-2-12-3-5-16)11-13-6-9(7-14-11)17(19)20/h6-7,12H,2-5,8H2,1H3. The van der Waals surface area contributed by atoms with Gasteiger partial charge in [-0.15, -0.1) is 0 Å². The third-order valence-electron chi connectivity index (χ3n) is 3.02. The van der Waals surface area contributed by atoms with Crippen LogP contribution in [0, 0.1) is 10.1 Å². The number of aromatic nitrogens is 2. The largest absolute Gasteiger partial charge is 0.339 e. The number of carbonyl (C=O) groups excluding carboxylic acids is 1. The lowest BCUT2D eigenvalue weighted by Gasteiger charge is -2.29. The van der Waals surface area contributed by atoms with Gasteiger partial charge in [-0.05, 0) is 0 Å². The number of hydrogen-bond acceptors (Lipinski definition) is 7. The highest BCUT2D eigenvalue weighted by atomic mass is 16.6. The Labute approximate surface area is 115 Å². The molecule has 2 rings (SSSR count). The molecule has 0 unspecified atom stereocenters. The fourth-order valence-electron chi connectivity index (χ4n) is 1.89. The molecule has 2 heterocycles. The van der Waals surface area contributed by atoms with E-state index in [2.05, 4.69) is 15.3 Å². The van der Waals surface area contributed by atoms with E-state index in [1.165, 1.54) is 0 Å². The first-order valence-corrected chi connectivity index (χ1v) is 6.24. The molecule has 1 amide bonds. The lowest BCUT2D eigenvalue weighted by atomic mass is 10.3. The Morgan fingerprint density at radius 1 is 1.45 bits per heavy atom. The number of rotatable bonds is 4. The molecular formula is C11H16N6O3. The molecule has 108 valence electrons. The lowest BCUT2D eigenvalue weighted by molar-refractivity contribution is -0.385. The van der Waals surface area contributed by atoms with Crippen molar-refractivity contribution in [2.45, 2.75) is 0 Å². The summed E-state index contributed by atoms with van der Waals surface area (Å²) in [4.78, 5) is 33.1. The predicted octanol–water partition coefficient (Wildman–Crippen LogP) is -0.747. The van der Waals surface area contributed by atoms with Crippen LogP contribution in [0.15, 0.2) is 12.4 Å². The van der Waals surface area contributed by atoms with Crippen molar-refractivity contribution in [3.63, 3.8) is 0 Å². The van der Waals surface area contributed by atoms with Crippen LogP contribution in [0.5, 0.6) is 0 Å². The van der Waals surface area contributed by atoms with Crippen molar-refractivity contribution < 1.29 is 9.72 Å². The Morgan fingerprint density at radius 3 is 2.60 bits per heavy atom. The van der Waals surface area contributed by atoms with Crippen molar-refractivity contribution in [1.82, 2.24) is 20.2 Å². The van der Waals surface area contributed by atoms with Crippen molar-refractivity contribution in [1.29, 1.82) is 0 Å². The van der Waals surface area contributed by atoms with Gasteiger partial charge in [0.2, 0.25) is 11.9 Å². The summed E-state index contributed by atoms with van der Waals surface area (Å²) in [6.07, 6.45) is 2.27. The van der Waals surface area contributed by atoms with Crippen LogP contribution in [0.25, 0.3) is 0 Å². The van der Waals surface area contributed by atoms with Crippen molar-refractivity contribution in [2.75, 3.05) is 44.7 Å². The number of amides is 1. The number of likely N-dealkylation sites (N-methyl/N-ethyl adjacent to an activating group) is 1. The minimum Gasteiger partial charge on any atom is -0.339 e. The molecule has 0 aliphatic carbocycles. The minimum atomic E-state index is -0.560. The molecule has 20 heavy (non-hydrogen) atoms. The number of nitrogens with zero attached hydrogens (tertiary/aromatic N) is 5. The van der Waals surface area contributed by atoms with Gasteiger partial charge < -0.3 is 15.1 Å². The average molecular weight is 280 g/mol. The van der Waals surface area contributed by atoms with Gasteiger partial charge in [-0.2, -0.15) is 0 Å². The second-order valence-corrected chi connectivity index (χ2v) is 4.49. The van der Waals surface area contributed by atoms with Gasteiger partial charge in [0.05, 0.1) is 11.5 Å². The number of nitro groups is 1. The molecule has 1 fully saturated rings. The fraction of sp³-hybridized carbons (Fsp3) is 0.545. The first-order valence-electron chi connectivity index (χ1n) is 6.24. The van der Waals surface area contributed by atoms with Gasteiger partial charge in [-0.1, -0.05) is 0 Å². The van der Waals surface area contributed by atoms with Gasteiger partial charge in [-0.3, -0.25) is 14.9 Å². The maximum absolute atomic E-state index is 12.0. The fourth-order valence-corrected chi connectivity index (χ4v) is 1.89. The maximum Gasteiger partial charge on any atom is 0.305 e. The summed E-state index contributed by atoms with van der Waals surface area (Å²) in [5.74, 6) is 0.287. The number of anilines is 1. The van der Waals surface area contributed by atoms with E-state index in [1.54, 1.807) is 16.8 Å². The van der Waals surface area contributed by atoms with E-state index in [1.807, 2.05) is 0 Å². The molecule has 9 heteroatoms. The summed E-state index contributed by atoms with van der Waals surface area (Å²) in [6.45, 7) is 3.12. The van der Waals surface area contributed by atoms with Crippen LogP contribution in [0.2, 0.25) is 0 Å². The zero-order valence-electron chi connectivity index (χ0n) is 11.2. The topological polar surface area (TPSA) is 105 Å². The zero-order chi connectivity index (χ0) is 14.5. The number of hydrogen-bond donors (Lipinski definition) is 1. The molecule has 0 saturated carbocycles. The minimum absolute atomic E-state index is 0.00375. The number of nitrogens with one attached hydrogen (secondary N) is 1. The second-order valence-electron chi connectivity index (χ2n) is 4.49. The molecule has 0 atom stereocenters. The lowest BCUT2D eigenvalue weighted by Crippen LogP contribution is -2.49. The quantitative estimate of drug-likeness (QED) is 0.571. The van der Waals surface area contributed by atoms with Gasteiger partial charge in [-0.25, -0.2) is 9.97 Å². The Bertz CT molecular complexity index is 485. The Morgan fingerprint density at radius 2 is 2.05 bits per heavy atom. The molecular weight excluding hydrogens is 264 g/mol. The van der Waals surface area contributed by atoms with Crippen LogP contribution in [0.1, 0.15) is 0 Å². The summed E-state index contributed by atoms with van der Waals surface area (Å²) in [5, 5.41) is 13.7. The third kappa shape index (κ3) is 3.38. The van der Waals surface area contributed by atoms with E-state index >= 15 is 0 Å². The van der Waals surface area contributed by atoms with Crippen molar-refractivity contribution in [3.05, 3.63) is 22.5 Å². The van der Waals surface area contributed by atoms with Crippen LogP contribution in [0.4, 0.5) is 11.6 Å². The Hall–Kier alpha value is -2.29. The summed E-state index contributed by atoms with van der Waals surface area (Å²) < 4.78 is 0. The molecule has 0 aromatic carbocycles. The highest BCUT2D eigenvalue weighted by Crippen LogP contribution is 2.10. The predicted molar refractivity (Wildman–Crippen MR) is 71.4 cm³/mol. The van der Waals surface area contributed by atoms with Gasteiger partial charge in [0, 0.05) is 33.2 Å². The highest BCUT2D eigenvalue weighted by molar-refractivity contribution is 5.80. The van der Waals surface area contributed by atoms with E-state index in [0.717, 1.165) is 25.5 Å². The molecule has 1 aromatic heterocycles. The SMILES string of the molecule is CN(CC(=O)N1CCNCC1)c1ncc([N+](=O)[O-])cn1. The van der Waals surface area contributed by atoms with Gasteiger partial charge in [0.15, 0.2) is 0 Å². The van der Waals surface area contributed by atoms with Crippen molar-refractivity contribution in [3.8, 4) is 0 Å². The Kier molecular flexibility index (Phi) is 4.41. The molecule has 0 spiro atoms. The first kappa shape index (κ1) is 14.1. The molecule has 9 nitrogen and oxygen atoms in total. The third-order valence-corrected chi connectivity index (χ3v) is 3.02. The Balaban J connectivity index is 1.94. The van der Waals surface area contributed by atoms with E-state index < -0.39 is 4.92 Å². The van der Waals surface area contributed by atoms with Gasteiger partial charge in [0.1, 0.15) is 12.4 Å². The van der Waals surface area contributed by atoms with E-state index in [-0.39, 0.29) is 18.1 Å². The van der Waals surface area contributed by atoms with Crippen molar-refractivity contribution >= 4 is 17.5 Å². The monoisotopic (exact) mass is 280 g/mol. The molecule has 1 saturated heterocycles. The maximum atomic E-state index is 12.0. The van der Waals surface area contributed by atoms with E-state index in [4.69, 9.17) is 0 Å². The summed E-state index contributed by atoms with van der Waals surface area (Å²) >= 11 is 0. The van der Waals surface area contributed by atoms with Gasteiger partial charge >= 0.3 is 5.69 Å². The molecule has 1 aromatic rings. The second kappa shape index (κ2) is 6.24. The number of carbonyl (C=O) groups is 1. The zero-order valence-corrected chi connectivity index (χ0v) is 11.2. The highest BCUT2D eigenvalue weighted by Gasteiger charge is 2.19. The molecule has 0 bridgehead atoms. The van der Waals surface area contributed by atoms with Crippen LogP contribution in [-0.2, 0) is 4.79 Å². The van der Waals surface area contributed by atoms with Gasteiger partial charge in [0.25, 0.3) is 0 Å². The molecule has 1 aliphatic heterocycles. The summed E-state index contributed by atoms with van der Waals surface area (Å²) in [5.41, 5.74) is -0.171. The summed E-state index contributed by atoms with van der Waals surface area (Å²) in [7, 11) is 1.68. The van der Waals surface area contributed by atoms with Crippen LogP contribution in [0.3, 0.4) is 0 Å². The van der Waals surface area contributed by atoms with Crippen LogP contribution >= 0.6 is 0 Å². The first-order chi connectivity index (χ1) is 9.58. The molecule has 1 N–H and O–H groups in total. The smallest absolute Gasteiger partial charge is 0.305 e. The van der Waals surface area contributed by atoms with Crippen LogP contribution in [-0.4, -0.2) is 65.5 Å². The van der Waals surface area contributed by atoms with E-state index in [9.17, 15) is 14.9 Å². The molecule has 0 radical (unpaired) electrons. The number of piperazine rings is 1. The normalized spacial score (nSPS) is 14.9. The average Bonchev–Trinajstić information content (AvgIpc) is 2.48. The summed E-state index contributed by atoms with van der Waals surface area (Å²) in [6, 6.07) is 0.